The highest BCUT2D eigenvalue weighted by atomic mass is 127. The average molecular weight is 390 g/mol. The molecule has 1 aromatic carbocycles. The number of hydrogen-bond acceptors (Lipinski definition) is 0. The van der Waals surface area contributed by atoms with Gasteiger partial charge in [-0.25, -0.2) is 8.78 Å². The van der Waals surface area contributed by atoms with Crippen LogP contribution in [0.1, 0.15) is 62.5 Å². The second kappa shape index (κ2) is 5.90. The molecule has 0 amide bonds. The summed E-state index contributed by atoms with van der Waals surface area (Å²) in [5.74, 6) is 1.20. The summed E-state index contributed by atoms with van der Waals surface area (Å²) in [7, 11) is 0. The Balaban J connectivity index is 1.90. The van der Waals surface area contributed by atoms with Gasteiger partial charge in [0.2, 0.25) is 0 Å². The first kappa shape index (κ1) is 14.7. The maximum Gasteiger partial charge on any atom is 0.142 e. The molecule has 110 valence electrons. The summed E-state index contributed by atoms with van der Waals surface area (Å²) in [4.78, 5) is 0. The van der Waals surface area contributed by atoms with E-state index >= 15 is 0 Å². The van der Waals surface area contributed by atoms with Crippen LogP contribution in [0.25, 0.3) is 0 Å². The van der Waals surface area contributed by atoms with Gasteiger partial charge in [-0.05, 0) is 89.6 Å². The van der Waals surface area contributed by atoms with Gasteiger partial charge in [0.1, 0.15) is 11.6 Å². The lowest BCUT2D eigenvalue weighted by atomic mass is 9.64. The molecule has 1 fully saturated rings. The molecule has 0 spiro atoms. The van der Waals surface area contributed by atoms with Crippen molar-refractivity contribution in [3.05, 3.63) is 32.4 Å². The molecule has 0 nitrogen and oxygen atoms in total. The van der Waals surface area contributed by atoms with Crippen LogP contribution in [0.2, 0.25) is 0 Å². The van der Waals surface area contributed by atoms with E-state index in [1.807, 2.05) is 0 Å². The molecular formula is C17H21F2I. The fourth-order valence-electron chi connectivity index (χ4n) is 4.33. The third kappa shape index (κ3) is 2.51. The van der Waals surface area contributed by atoms with Gasteiger partial charge < -0.3 is 0 Å². The molecule has 0 radical (unpaired) electrons. The molecule has 20 heavy (non-hydrogen) atoms. The van der Waals surface area contributed by atoms with E-state index in [4.69, 9.17) is 0 Å². The summed E-state index contributed by atoms with van der Waals surface area (Å²) in [6.07, 6.45) is 8.03. The van der Waals surface area contributed by atoms with Crippen LogP contribution >= 0.6 is 22.6 Å². The Kier molecular flexibility index (Phi) is 4.34. The smallest absolute Gasteiger partial charge is 0.142 e. The van der Waals surface area contributed by atoms with Crippen molar-refractivity contribution in [1.29, 1.82) is 0 Å². The minimum absolute atomic E-state index is 0.166. The van der Waals surface area contributed by atoms with Crippen molar-refractivity contribution in [3.63, 3.8) is 0 Å². The van der Waals surface area contributed by atoms with Crippen LogP contribution in [0.3, 0.4) is 0 Å². The van der Waals surface area contributed by atoms with E-state index in [0.717, 1.165) is 36.3 Å². The molecule has 0 bridgehead atoms. The molecule has 3 rings (SSSR count). The van der Waals surface area contributed by atoms with Crippen LogP contribution in [-0.2, 0) is 6.42 Å². The van der Waals surface area contributed by atoms with Crippen LogP contribution in [0.5, 0.6) is 0 Å². The summed E-state index contributed by atoms with van der Waals surface area (Å²) >= 11 is 1.79. The monoisotopic (exact) mass is 390 g/mol. The Bertz CT molecular complexity index is 512. The molecule has 0 aliphatic heterocycles. The molecule has 0 aromatic heterocycles. The third-order valence-corrected chi connectivity index (χ3v) is 6.24. The summed E-state index contributed by atoms with van der Waals surface area (Å²) in [6.45, 7) is 2.24. The minimum Gasteiger partial charge on any atom is -0.206 e. The molecule has 2 aliphatic rings. The predicted molar refractivity (Wildman–Crippen MR) is 85.9 cm³/mol. The van der Waals surface area contributed by atoms with E-state index in [0.29, 0.717) is 11.8 Å². The Labute approximate surface area is 133 Å². The summed E-state index contributed by atoms with van der Waals surface area (Å²) in [5, 5.41) is 0. The van der Waals surface area contributed by atoms with Gasteiger partial charge in [-0.2, -0.15) is 0 Å². The van der Waals surface area contributed by atoms with E-state index in [2.05, 4.69) is 6.92 Å². The maximum atomic E-state index is 14.3. The van der Waals surface area contributed by atoms with E-state index in [1.54, 1.807) is 28.7 Å². The Morgan fingerprint density at radius 2 is 2.05 bits per heavy atom. The van der Waals surface area contributed by atoms with Gasteiger partial charge in [0.15, 0.2) is 0 Å². The standard InChI is InChI=1S/C17H21F2I/c1-2-3-10-4-6-12-11(8-10)5-7-13-14(12)9-15(18)17(20)16(13)19/h9-12H,2-8H2,1H3/t10-,11-,12+/m1/s1. The normalized spacial score (nSPS) is 28.9. The lowest BCUT2D eigenvalue weighted by Crippen LogP contribution is -2.29. The van der Waals surface area contributed by atoms with Gasteiger partial charge >= 0.3 is 0 Å². The highest BCUT2D eigenvalue weighted by Crippen LogP contribution is 2.48. The summed E-state index contributed by atoms with van der Waals surface area (Å²) < 4.78 is 28.3. The highest BCUT2D eigenvalue weighted by molar-refractivity contribution is 14.1. The fourth-order valence-corrected chi connectivity index (χ4v) is 4.81. The van der Waals surface area contributed by atoms with Gasteiger partial charge in [0.05, 0.1) is 3.57 Å². The lowest BCUT2D eigenvalue weighted by Gasteiger charge is -2.40. The summed E-state index contributed by atoms with van der Waals surface area (Å²) in [5.41, 5.74) is 1.78. The van der Waals surface area contributed by atoms with Crippen molar-refractivity contribution < 1.29 is 8.78 Å². The van der Waals surface area contributed by atoms with Crippen molar-refractivity contribution in [2.75, 3.05) is 0 Å². The van der Waals surface area contributed by atoms with Crippen molar-refractivity contribution in [3.8, 4) is 0 Å². The zero-order chi connectivity index (χ0) is 14.3. The number of hydrogen-bond donors (Lipinski definition) is 0. The lowest BCUT2D eigenvalue weighted by molar-refractivity contribution is 0.199. The molecule has 3 atom stereocenters. The molecule has 1 saturated carbocycles. The fraction of sp³-hybridized carbons (Fsp3) is 0.647. The zero-order valence-corrected chi connectivity index (χ0v) is 14.1. The summed E-state index contributed by atoms with van der Waals surface area (Å²) in [6, 6.07) is 1.62. The van der Waals surface area contributed by atoms with Crippen LogP contribution in [0.4, 0.5) is 8.78 Å². The largest absolute Gasteiger partial charge is 0.206 e. The van der Waals surface area contributed by atoms with Crippen LogP contribution in [0, 0.1) is 27.0 Å². The first-order valence-corrected chi connectivity index (χ1v) is 8.86. The van der Waals surface area contributed by atoms with Crippen molar-refractivity contribution >= 4 is 22.6 Å². The van der Waals surface area contributed by atoms with Crippen LogP contribution in [-0.4, -0.2) is 0 Å². The van der Waals surface area contributed by atoms with E-state index in [1.165, 1.54) is 25.7 Å². The zero-order valence-electron chi connectivity index (χ0n) is 11.9. The van der Waals surface area contributed by atoms with Gasteiger partial charge in [-0.15, -0.1) is 0 Å². The second-order valence-corrected chi connectivity index (χ2v) is 7.51. The first-order chi connectivity index (χ1) is 9.61. The molecule has 0 N–H and O–H groups in total. The van der Waals surface area contributed by atoms with Gasteiger partial charge in [-0.1, -0.05) is 19.8 Å². The minimum atomic E-state index is -0.377. The maximum absolute atomic E-state index is 14.3. The molecule has 0 unspecified atom stereocenters. The second-order valence-electron chi connectivity index (χ2n) is 6.43. The first-order valence-electron chi connectivity index (χ1n) is 7.78. The molecule has 1 aromatic rings. The van der Waals surface area contributed by atoms with E-state index in [9.17, 15) is 8.78 Å². The van der Waals surface area contributed by atoms with Gasteiger partial charge in [-0.3, -0.25) is 0 Å². The Morgan fingerprint density at radius 1 is 1.25 bits per heavy atom. The van der Waals surface area contributed by atoms with Crippen LogP contribution in [0.15, 0.2) is 6.07 Å². The molecule has 3 heteroatoms. The molecule has 0 saturated heterocycles. The van der Waals surface area contributed by atoms with E-state index in [-0.39, 0.29) is 15.2 Å². The third-order valence-electron chi connectivity index (χ3n) is 5.25. The van der Waals surface area contributed by atoms with Crippen molar-refractivity contribution in [1.82, 2.24) is 0 Å². The van der Waals surface area contributed by atoms with Crippen molar-refractivity contribution in [2.24, 2.45) is 11.8 Å². The number of fused-ring (bicyclic) bond motifs is 3. The predicted octanol–water partition coefficient (Wildman–Crippen LogP) is 5.82. The SMILES string of the molecule is CCC[C@@H]1CC[C@@H]2c3cc(F)c(I)c(F)c3CC[C@@H]2C1. The Hall–Kier alpha value is -0.190. The number of rotatable bonds is 2. The van der Waals surface area contributed by atoms with Gasteiger partial charge in [0.25, 0.3) is 0 Å². The average Bonchev–Trinajstić information content (AvgIpc) is 2.45. The Morgan fingerprint density at radius 3 is 2.80 bits per heavy atom. The van der Waals surface area contributed by atoms with E-state index < -0.39 is 0 Å². The number of benzene rings is 1. The quantitative estimate of drug-likeness (QED) is 0.441. The van der Waals surface area contributed by atoms with Crippen molar-refractivity contribution in [2.45, 2.75) is 57.8 Å². The molecular weight excluding hydrogens is 369 g/mol. The number of halogens is 3. The van der Waals surface area contributed by atoms with Gasteiger partial charge in [0, 0.05) is 0 Å². The topological polar surface area (TPSA) is 0 Å². The van der Waals surface area contributed by atoms with Crippen LogP contribution < -0.4 is 0 Å². The molecule has 0 heterocycles. The highest BCUT2D eigenvalue weighted by Gasteiger charge is 2.36. The molecule has 2 aliphatic carbocycles.